The first-order chi connectivity index (χ1) is 10.6. The third kappa shape index (κ3) is 4.01. The van der Waals surface area contributed by atoms with Crippen LogP contribution in [-0.2, 0) is 4.74 Å². The van der Waals surface area contributed by atoms with Crippen LogP contribution in [0.2, 0.25) is 0 Å². The van der Waals surface area contributed by atoms with Gasteiger partial charge in [0.05, 0.1) is 11.7 Å². The van der Waals surface area contributed by atoms with Crippen molar-refractivity contribution in [1.82, 2.24) is 9.80 Å². The summed E-state index contributed by atoms with van der Waals surface area (Å²) in [6.07, 6.45) is 2.76. The lowest BCUT2D eigenvalue weighted by atomic mass is 10.1. The largest absolute Gasteiger partial charge is 0.377 e. The Bertz CT molecular complexity index is 541. The maximum atomic E-state index is 12.7. The van der Waals surface area contributed by atoms with Gasteiger partial charge in [0, 0.05) is 47.4 Å². The summed E-state index contributed by atoms with van der Waals surface area (Å²) in [5.41, 5.74) is 0.794. The number of benzene rings is 1. The van der Waals surface area contributed by atoms with Crippen molar-refractivity contribution in [3.05, 3.63) is 31.8 Å². The average molecular weight is 479 g/mol. The molecule has 0 aliphatic carbocycles. The molecule has 0 radical (unpaired) electrons. The van der Waals surface area contributed by atoms with E-state index < -0.39 is 0 Å². The van der Waals surface area contributed by atoms with Gasteiger partial charge in [-0.1, -0.05) is 15.9 Å². The van der Waals surface area contributed by atoms with Crippen molar-refractivity contribution in [2.24, 2.45) is 0 Å². The van der Waals surface area contributed by atoms with Gasteiger partial charge in [-0.05, 0) is 53.6 Å². The van der Waals surface area contributed by atoms with Crippen molar-refractivity contribution in [2.75, 3.05) is 39.3 Å². The Labute approximate surface area is 153 Å². The molecule has 0 saturated carbocycles. The van der Waals surface area contributed by atoms with Crippen molar-refractivity contribution in [3.63, 3.8) is 0 Å². The molecular formula is C16H20BrIN2O2. The zero-order chi connectivity index (χ0) is 15.5. The van der Waals surface area contributed by atoms with Gasteiger partial charge in [0.25, 0.3) is 5.91 Å². The van der Waals surface area contributed by atoms with Crippen LogP contribution in [0.5, 0.6) is 0 Å². The number of hydrogen-bond acceptors (Lipinski definition) is 3. The fourth-order valence-corrected chi connectivity index (χ4v) is 3.97. The molecule has 2 aliphatic heterocycles. The number of ether oxygens (including phenoxy) is 1. The molecule has 6 heteroatoms. The lowest BCUT2D eigenvalue weighted by Crippen LogP contribution is -2.50. The summed E-state index contributed by atoms with van der Waals surface area (Å²) in [5.74, 6) is 0.141. The summed E-state index contributed by atoms with van der Waals surface area (Å²) in [5, 5.41) is 0. The standard InChI is InChI=1S/C16H20BrIN2O2/c17-12-3-4-15(18)14(10-12)16(21)20-7-5-19(6-8-20)11-13-2-1-9-22-13/h3-4,10,13H,1-2,5-9,11H2. The summed E-state index contributed by atoms with van der Waals surface area (Å²) in [6.45, 7) is 5.40. The number of carbonyl (C=O) groups excluding carboxylic acids is 1. The molecule has 0 spiro atoms. The molecule has 3 rings (SSSR count). The minimum Gasteiger partial charge on any atom is -0.377 e. The molecule has 2 fully saturated rings. The Kier molecular flexibility index (Phi) is 5.75. The highest BCUT2D eigenvalue weighted by Gasteiger charge is 2.26. The van der Waals surface area contributed by atoms with E-state index in [1.165, 1.54) is 12.8 Å². The van der Waals surface area contributed by atoms with Crippen LogP contribution in [0.1, 0.15) is 23.2 Å². The molecule has 0 aromatic heterocycles. The molecule has 2 heterocycles. The highest BCUT2D eigenvalue weighted by atomic mass is 127. The number of amides is 1. The van der Waals surface area contributed by atoms with Crippen LogP contribution in [-0.4, -0.2) is 61.1 Å². The minimum absolute atomic E-state index is 0.141. The van der Waals surface area contributed by atoms with Gasteiger partial charge >= 0.3 is 0 Å². The second-order valence-electron chi connectivity index (χ2n) is 5.85. The number of rotatable bonds is 3. The van der Waals surface area contributed by atoms with Gasteiger partial charge in [0.15, 0.2) is 0 Å². The summed E-state index contributed by atoms with van der Waals surface area (Å²) in [7, 11) is 0. The van der Waals surface area contributed by atoms with Crippen LogP contribution in [0.4, 0.5) is 0 Å². The van der Waals surface area contributed by atoms with E-state index in [9.17, 15) is 4.79 Å². The number of nitrogens with zero attached hydrogens (tertiary/aromatic N) is 2. The zero-order valence-electron chi connectivity index (χ0n) is 12.4. The summed E-state index contributed by atoms with van der Waals surface area (Å²) >= 11 is 5.68. The van der Waals surface area contributed by atoms with Crippen molar-refractivity contribution in [1.29, 1.82) is 0 Å². The minimum atomic E-state index is 0.141. The molecule has 1 unspecified atom stereocenters. The topological polar surface area (TPSA) is 32.8 Å². The highest BCUT2D eigenvalue weighted by molar-refractivity contribution is 14.1. The fraction of sp³-hybridized carbons (Fsp3) is 0.562. The van der Waals surface area contributed by atoms with Gasteiger partial charge in [0.2, 0.25) is 0 Å². The van der Waals surface area contributed by atoms with E-state index in [0.29, 0.717) is 6.10 Å². The maximum Gasteiger partial charge on any atom is 0.255 e. The normalized spacial score (nSPS) is 23.0. The predicted octanol–water partition coefficient (Wildman–Crippen LogP) is 2.99. The quantitative estimate of drug-likeness (QED) is 0.626. The van der Waals surface area contributed by atoms with E-state index in [1.54, 1.807) is 0 Å². The van der Waals surface area contributed by atoms with E-state index in [2.05, 4.69) is 43.4 Å². The van der Waals surface area contributed by atoms with Crippen LogP contribution in [0.25, 0.3) is 0 Å². The Hall–Kier alpha value is -0.180. The molecule has 22 heavy (non-hydrogen) atoms. The Balaban J connectivity index is 1.56. The molecule has 1 aromatic rings. The van der Waals surface area contributed by atoms with E-state index >= 15 is 0 Å². The maximum absolute atomic E-state index is 12.7. The molecule has 2 aliphatic rings. The number of hydrogen-bond donors (Lipinski definition) is 0. The Morgan fingerprint density at radius 1 is 1.32 bits per heavy atom. The molecular weight excluding hydrogens is 459 g/mol. The summed E-state index contributed by atoms with van der Waals surface area (Å²) in [4.78, 5) is 17.1. The monoisotopic (exact) mass is 478 g/mol. The SMILES string of the molecule is O=C(c1cc(Br)ccc1I)N1CCN(CC2CCCO2)CC1. The first-order valence-electron chi connectivity index (χ1n) is 7.72. The van der Waals surface area contributed by atoms with Crippen molar-refractivity contribution in [3.8, 4) is 0 Å². The Morgan fingerprint density at radius 2 is 2.09 bits per heavy atom. The third-order valence-corrected chi connectivity index (χ3v) is 5.74. The van der Waals surface area contributed by atoms with E-state index in [1.807, 2.05) is 23.1 Å². The fourth-order valence-electron chi connectivity index (χ4n) is 3.04. The summed E-state index contributed by atoms with van der Waals surface area (Å²) < 4.78 is 7.66. The van der Waals surface area contributed by atoms with Gasteiger partial charge < -0.3 is 9.64 Å². The van der Waals surface area contributed by atoms with Crippen LogP contribution >= 0.6 is 38.5 Å². The smallest absolute Gasteiger partial charge is 0.255 e. The van der Waals surface area contributed by atoms with Gasteiger partial charge in [-0.3, -0.25) is 9.69 Å². The van der Waals surface area contributed by atoms with Crippen LogP contribution in [0.3, 0.4) is 0 Å². The number of carbonyl (C=O) groups is 1. The number of piperazine rings is 1. The van der Waals surface area contributed by atoms with Crippen molar-refractivity contribution >= 4 is 44.4 Å². The molecule has 120 valence electrons. The second-order valence-corrected chi connectivity index (χ2v) is 7.93. The first kappa shape index (κ1) is 16.7. The average Bonchev–Trinajstić information content (AvgIpc) is 3.03. The zero-order valence-corrected chi connectivity index (χ0v) is 16.2. The third-order valence-electron chi connectivity index (χ3n) is 4.30. The first-order valence-corrected chi connectivity index (χ1v) is 9.59. The molecule has 0 N–H and O–H groups in total. The van der Waals surface area contributed by atoms with Crippen LogP contribution in [0.15, 0.2) is 22.7 Å². The summed E-state index contributed by atoms with van der Waals surface area (Å²) in [6, 6.07) is 5.87. The lowest BCUT2D eigenvalue weighted by molar-refractivity contribution is 0.0432. The van der Waals surface area contributed by atoms with E-state index in [0.717, 1.165) is 52.9 Å². The van der Waals surface area contributed by atoms with Gasteiger partial charge in [-0.25, -0.2) is 0 Å². The van der Waals surface area contributed by atoms with Crippen LogP contribution in [0, 0.1) is 3.57 Å². The van der Waals surface area contributed by atoms with E-state index in [4.69, 9.17) is 4.74 Å². The molecule has 0 bridgehead atoms. The molecule has 1 amide bonds. The van der Waals surface area contributed by atoms with Gasteiger partial charge in [-0.15, -0.1) is 0 Å². The highest BCUT2D eigenvalue weighted by Crippen LogP contribution is 2.21. The molecule has 1 atom stereocenters. The second kappa shape index (κ2) is 7.59. The van der Waals surface area contributed by atoms with Crippen molar-refractivity contribution < 1.29 is 9.53 Å². The van der Waals surface area contributed by atoms with Gasteiger partial charge in [0.1, 0.15) is 0 Å². The molecule has 2 saturated heterocycles. The molecule has 1 aromatic carbocycles. The molecule has 4 nitrogen and oxygen atoms in total. The van der Waals surface area contributed by atoms with Crippen LogP contribution < -0.4 is 0 Å². The Morgan fingerprint density at radius 3 is 2.77 bits per heavy atom. The van der Waals surface area contributed by atoms with Crippen molar-refractivity contribution in [2.45, 2.75) is 18.9 Å². The van der Waals surface area contributed by atoms with E-state index in [-0.39, 0.29) is 5.91 Å². The van der Waals surface area contributed by atoms with Gasteiger partial charge in [-0.2, -0.15) is 0 Å². The lowest BCUT2D eigenvalue weighted by Gasteiger charge is -2.35. The number of halogens is 2. The predicted molar refractivity (Wildman–Crippen MR) is 98.2 cm³/mol.